The normalized spacial score (nSPS) is 23.0. The maximum atomic E-state index is 12.6. The van der Waals surface area contributed by atoms with Crippen LogP contribution in [0.25, 0.3) is 0 Å². The number of carbonyl (C=O) groups excluding carboxylic acids is 3. The molecule has 4 N–H and O–H groups in total. The van der Waals surface area contributed by atoms with Crippen molar-refractivity contribution in [1.82, 2.24) is 25.3 Å². The molecule has 2 amide bonds. The molecular weight excluding hydrogens is 592 g/mol. The van der Waals surface area contributed by atoms with Crippen molar-refractivity contribution in [3.63, 3.8) is 0 Å². The van der Waals surface area contributed by atoms with Crippen LogP contribution in [0.3, 0.4) is 0 Å². The minimum absolute atomic E-state index is 0.00228. The quantitative estimate of drug-likeness (QED) is 0.307. The van der Waals surface area contributed by atoms with Crippen molar-refractivity contribution in [2.45, 2.75) is 88.5 Å². The van der Waals surface area contributed by atoms with Gasteiger partial charge in [0.1, 0.15) is 5.75 Å². The lowest BCUT2D eigenvalue weighted by molar-refractivity contribution is -0.118. The van der Waals surface area contributed by atoms with Crippen LogP contribution in [-0.4, -0.2) is 50.9 Å². The molecule has 0 saturated heterocycles. The van der Waals surface area contributed by atoms with Gasteiger partial charge in [-0.1, -0.05) is 6.07 Å². The maximum Gasteiger partial charge on any atom is 0.374 e. The molecule has 0 unspecified atom stereocenters. The number of H-pyrrole nitrogens is 2. The summed E-state index contributed by atoms with van der Waals surface area (Å²) < 4.78 is 10.2. The van der Waals surface area contributed by atoms with E-state index in [9.17, 15) is 24.0 Å². The van der Waals surface area contributed by atoms with Crippen molar-refractivity contribution in [3.8, 4) is 5.75 Å². The SMILES string of the molecule is CCOC(=O)c1nc2c(c(=O)[nH]1)C1CCC2CC1.O=C1COc2ccc(CNC(=O)c3nc4c(c(=O)[nH]3)C3CCC4CC3)cc2N1. The molecule has 13 heteroatoms. The van der Waals surface area contributed by atoms with Crippen LogP contribution in [0, 0.1) is 0 Å². The van der Waals surface area contributed by atoms with Gasteiger partial charge in [-0.2, -0.15) is 0 Å². The summed E-state index contributed by atoms with van der Waals surface area (Å²) in [5, 5.41) is 5.53. The van der Waals surface area contributed by atoms with Crippen LogP contribution in [-0.2, 0) is 16.1 Å². The average Bonchev–Trinajstić information content (AvgIpc) is 3.08. The van der Waals surface area contributed by atoms with Crippen molar-refractivity contribution < 1.29 is 23.9 Å². The number of anilines is 1. The molecule has 1 aliphatic heterocycles. The zero-order chi connectivity index (χ0) is 31.9. The van der Waals surface area contributed by atoms with Crippen LogP contribution >= 0.6 is 0 Å². The average molecular weight is 629 g/mol. The molecule has 240 valence electrons. The Bertz CT molecular complexity index is 1830. The Labute approximate surface area is 263 Å². The Kier molecular flexibility index (Phi) is 7.91. The molecule has 2 saturated carbocycles. The summed E-state index contributed by atoms with van der Waals surface area (Å²) in [6.07, 6.45) is 8.45. The fourth-order valence-electron chi connectivity index (χ4n) is 7.63. The van der Waals surface area contributed by atoms with Gasteiger partial charge in [-0.25, -0.2) is 14.8 Å². The number of aromatic nitrogens is 4. The minimum Gasteiger partial charge on any atom is -0.482 e. The van der Waals surface area contributed by atoms with Gasteiger partial charge in [-0.3, -0.25) is 19.2 Å². The van der Waals surface area contributed by atoms with Crippen LogP contribution in [0.2, 0.25) is 0 Å². The van der Waals surface area contributed by atoms with Gasteiger partial charge >= 0.3 is 5.97 Å². The number of hydrogen-bond donors (Lipinski definition) is 4. The highest BCUT2D eigenvalue weighted by Crippen LogP contribution is 2.48. The van der Waals surface area contributed by atoms with Crippen LogP contribution in [0.15, 0.2) is 27.8 Å². The van der Waals surface area contributed by atoms with Crippen molar-refractivity contribution in [3.05, 3.63) is 78.6 Å². The van der Waals surface area contributed by atoms with Crippen LogP contribution in [0.1, 0.15) is 131 Å². The summed E-state index contributed by atoms with van der Waals surface area (Å²) in [5.41, 5.74) is 4.29. The fourth-order valence-corrected chi connectivity index (χ4v) is 7.63. The molecule has 46 heavy (non-hydrogen) atoms. The smallest absolute Gasteiger partial charge is 0.374 e. The number of rotatable bonds is 5. The largest absolute Gasteiger partial charge is 0.482 e. The Hall–Kier alpha value is -4.81. The first-order valence-electron chi connectivity index (χ1n) is 16.1. The third-order valence-electron chi connectivity index (χ3n) is 9.83. The van der Waals surface area contributed by atoms with Crippen LogP contribution in [0.4, 0.5) is 5.69 Å². The molecule has 0 radical (unpaired) electrons. The Morgan fingerprint density at radius 3 is 2.02 bits per heavy atom. The van der Waals surface area contributed by atoms with E-state index in [-0.39, 0.29) is 60.3 Å². The summed E-state index contributed by atoms with van der Waals surface area (Å²) in [5.74, 6) is 0.791. The second-order valence-electron chi connectivity index (χ2n) is 12.6. The summed E-state index contributed by atoms with van der Waals surface area (Å²) in [4.78, 5) is 74.3. The van der Waals surface area contributed by atoms with Gasteiger partial charge < -0.3 is 30.1 Å². The minimum atomic E-state index is -0.543. The van der Waals surface area contributed by atoms with Gasteiger partial charge in [0.15, 0.2) is 12.4 Å². The molecule has 1 aromatic carbocycles. The van der Waals surface area contributed by atoms with E-state index in [0.717, 1.165) is 79.4 Å². The second-order valence-corrected chi connectivity index (χ2v) is 12.6. The van der Waals surface area contributed by atoms with Crippen LogP contribution < -0.4 is 26.5 Å². The van der Waals surface area contributed by atoms with E-state index in [1.165, 1.54) is 0 Å². The Morgan fingerprint density at radius 2 is 1.41 bits per heavy atom. The van der Waals surface area contributed by atoms with Gasteiger partial charge in [0.25, 0.3) is 22.9 Å². The van der Waals surface area contributed by atoms with Gasteiger partial charge in [0.05, 0.1) is 23.7 Å². The zero-order valence-corrected chi connectivity index (χ0v) is 25.6. The van der Waals surface area contributed by atoms with Gasteiger partial charge in [-0.15, -0.1) is 0 Å². The highest BCUT2D eigenvalue weighted by Gasteiger charge is 2.38. The van der Waals surface area contributed by atoms with E-state index < -0.39 is 11.9 Å². The highest BCUT2D eigenvalue weighted by atomic mass is 16.5. The number of fused-ring (bicyclic) bond motifs is 5. The van der Waals surface area contributed by atoms with Gasteiger partial charge in [0.2, 0.25) is 5.82 Å². The lowest BCUT2D eigenvalue weighted by Gasteiger charge is -2.36. The Morgan fingerprint density at radius 1 is 0.848 bits per heavy atom. The molecule has 6 aliphatic carbocycles. The van der Waals surface area contributed by atoms with Crippen molar-refractivity contribution in [2.24, 2.45) is 0 Å². The van der Waals surface area contributed by atoms with E-state index in [1.807, 2.05) is 6.07 Å². The van der Waals surface area contributed by atoms with Gasteiger partial charge in [0, 0.05) is 29.5 Å². The molecule has 0 spiro atoms. The highest BCUT2D eigenvalue weighted by molar-refractivity contribution is 5.95. The van der Waals surface area contributed by atoms with E-state index in [0.29, 0.717) is 23.3 Å². The number of esters is 1. The number of carbonyl (C=O) groups is 3. The summed E-state index contributed by atoms with van der Waals surface area (Å²) in [6.45, 7) is 2.26. The maximum absolute atomic E-state index is 12.6. The molecular formula is C33H36N6O7. The second kappa shape index (κ2) is 12.2. The van der Waals surface area contributed by atoms with Crippen molar-refractivity contribution in [1.29, 1.82) is 0 Å². The Balaban J connectivity index is 0.000000162. The summed E-state index contributed by atoms with van der Waals surface area (Å²) >= 11 is 0. The van der Waals surface area contributed by atoms with E-state index >= 15 is 0 Å². The molecule has 2 fully saturated rings. The molecule has 4 bridgehead atoms. The summed E-state index contributed by atoms with van der Waals surface area (Å²) in [6, 6.07) is 5.33. The number of nitrogens with zero attached hydrogens (tertiary/aromatic N) is 2. The first-order valence-corrected chi connectivity index (χ1v) is 16.1. The number of nitrogens with one attached hydrogen (secondary N) is 4. The predicted molar refractivity (Wildman–Crippen MR) is 165 cm³/mol. The van der Waals surface area contributed by atoms with E-state index in [1.54, 1.807) is 19.1 Å². The standard InChI is InChI=1S/C20H20N4O4.C13H16N2O3/c25-15-9-28-14-6-1-10(7-13(14)22-15)8-21-20(27)18-23-17-12-4-2-11(3-5-12)16(17)19(26)24-18;1-2-18-13(17)11-14-10-8-5-3-7(4-6-8)9(10)12(16)15-11/h1,6-7,11-12H,2-5,8-9H2,(H,21,27)(H,22,25)(H,23,24,26);7-8H,2-6H2,1H3,(H,14,15,16). The number of aromatic amines is 2. The van der Waals surface area contributed by atoms with Crippen molar-refractivity contribution >= 4 is 23.5 Å². The number of ether oxygens (including phenoxy) is 2. The lowest BCUT2D eigenvalue weighted by Crippen LogP contribution is -2.35. The first-order chi connectivity index (χ1) is 22.3. The monoisotopic (exact) mass is 628 g/mol. The zero-order valence-electron chi connectivity index (χ0n) is 25.6. The number of benzene rings is 1. The fraction of sp³-hybridized carbons (Fsp3) is 0.485. The topological polar surface area (TPSA) is 185 Å². The molecule has 10 rings (SSSR count). The number of amides is 2. The number of hydrogen-bond acceptors (Lipinski definition) is 9. The first kappa shape index (κ1) is 29.9. The van der Waals surface area contributed by atoms with Crippen molar-refractivity contribution in [2.75, 3.05) is 18.5 Å². The third-order valence-corrected chi connectivity index (χ3v) is 9.83. The molecule has 0 atom stereocenters. The molecule has 13 nitrogen and oxygen atoms in total. The van der Waals surface area contributed by atoms with Gasteiger partial charge in [-0.05, 0) is 87.8 Å². The lowest BCUT2D eigenvalue weighted by atomic mass is 9.69. The van der Waals surface area contributed by atoms with Crippen LogP contribution in [0.5, 0.6) is 5.75 Å². The molecule has 2 aromatic heterocycles. The van der Waals surface area contributed by atoms with E-state index in [2.05, 4.69) is 30.6 Å². The predicted octanol–water partition coefficient (Wildman–Crippen LogP) is 3.49. The summed E-state index contributed by atoms with van der Waals surface area (Å²) in [7, 11) is 0. The molecule has 3 aromatic rings. The molecule has 7 aliphatic rings. The van der Waals surface area contributed by atoms with E-state index in [4.69, 9.17) is 9.47 Å². The third kappa shape index (κ3) is 5.58. The molecule has 3 heterocycles.